The maximum absolute atomic E-state index is 11.7. The molecule has 0 fully saturated rings. The summed E-state index contributed by atoms with van der Waals surface area (Å²) in [6.07, 6.45) is 0. The lowest BCUT2D eigenvalue weighted by atomic mass is 9.98. The number of hydrogen-bond acceptors (Lipinski definition) is 4. The second-order valence-corrected chi connectivity index (χ2v) is 6.27. The molecule has 0 atom stereocenters. The summed E-state index contributed by atoms with van der Waals surface area (Å²) in [5.74, 6) is 0.122. The average Bonchev–Trinajstić information content (AvgIpc) is 2.73. The van der Waals surface area contributed by atoms with Gasteiger partial charge in [-0.05, 0) is 24.0 Å². The highest BCUT2D eigenvalue weighted by molar-refractivity contribution is 7.15. The summed E-state index contributed by atoms with van der Waals surface area (Å²) in [5.41, 5.74) is 9.89. The van der Waals surface area contributed by atoms with Crippen molar-refractivity contribution >= 4 is 23.0 Å². The van der Waals surface area contributed by atoms with Crippen molar-refractivity contribution in [3.05, 3.63) is 39.6 Å². The summed E-state index contributed by atoms with van der Waals surface area (Å²) >= 11 is 1.38. The van der Waals surface area contributed by atoms with Crippen molar-refractivity contribution in [2.75, 3.05) is 12.8 Å². The summed E-state index contributed by atoms with van der Waals surface area (Å²) in [6, 6.07) is 8.33. The largest absolute Gasteiger partial charge is 0.465 e. The van der Waals surface area contributed by atoms with E-state index in [2.05, 4.69) is 38.1 Å². The van der Waals surface area contributed by atoms with Crippen molar-refractivity contribution in [3.8, 4) is 11.1 Å². The molecule has 1 aromatic carbocycles. The standard InChI is InChI=1S/C16H19NO2S/c1-9(2)11-5-7-12(8-6-11)13-10(3)20-15(14(13)17)16(18)19-4/h5-9H,17H2,1-4H3. The van der Waals surface area contributed by atoms with Crippen LogP contribution < -0.4 is 5.73 Å². The second-order valence-electron chi connectivity index (χ2n) is 5.04. The van der Waals surface area contributed by atoms with Gasteiger partial charge in [0, 0.05) is 10.4 Å². The Morgan fingerprint density at radius 3 is 2.35 bits per heavy atom. The quantitative estimate of drug-likeness (QED) is 0.861. The molecule has 3 nitrogen and oxygen atoms in total. The number of carbonyl (C=O) groups is 1. The van der Waals surface area contributed by atoms with Crippen LogP contribution in [0.1, 0.15) is 39.9 Å². The third kappa shape index (κ3) is 2.56. The summed E-state index contributed by atoms with van der Waals surface area (Å²) in [4.78, 5) is 13.2. The highest BCUT2D eigenvalue weighted by atomic mass is 32.1. The number of methoxy groups -OCH3 is 1. The SMILES string of the molecule is COC(=O)c1sc(C)c(-c2ccc(C(C)C)cc2)c1N. The number of esters is 1. The molecule has 2 rings (SSSR count). The maximum Gasteiger partial charge on any atom is 0.350 e. The summed E-state index contributed by atoms with van der Waals surface area (Å²) < 4.78 is 4.76. The zero-order valence-corrected chi connectivity index (χ0v) is 13.0. The first-order chi connectivity index (χ1) is 9.45. The molecule has 20 heavy (non-hydrogen) atoms. The lowest BCUT2D eigenvalue weighted by Crippen LogP contribution is -2.02. The van der Waals surface area contributed by atoms with Crippen molar-refractivity contribution in [1.29, 1.82) is 0 Å². The predicted molar refractivity (Wildman–Crippen MR) is 84.3 cm³/mol. The van der Waals surface area contributed by atoms with Crippen molar-refractivity contribution in [1.82, 2.24) is 0 Å². The predicted octanol–water partition coefficient (Wildman–Crippen LogP) is 4.22. The van der Waals surface area contributed by atoms with Crippen molar-refractivity contribution in [3.63, 3.8) is 0 Å². The first-order valence-corrected chi connectivity index (χ1v) is 7.34. The molecule has 0 saturated carbocycles. The van der Waals surface area contributed by atoms with Gasteiger partial charge in [0.05, 0.1) is 12.8 Å². The van der Waals surface area contributed by atoms with Crippen LogP contribution in [-0.2, 0) is 4.74 Å². The highest BCUT2D eigenvalue weighted by Gasteiger charge is 2.20. The number of nitrogen functional groups attached to an aromatic ring is 1. The molecule has 0 aliphatic rings. The molecular formula is C16H19NO2S. The lowest BCUT2D eigenvalue weighted by Gasteiger charge is -2.08. The molecule has 1 aromatic heterocycles. The van der Waals surface area contributed by atoms with Crippen LogP contribution in [0, 0.1) is 6.92 Å². The van der Waals surface area contributed by atoms with E-state index in [1.807, 2.05) is 6.92 Å². The fourth-order valence-corrected chi connectivity index (χ4v) is 3.21. The van der Waals surface area contributed by atoms with Crippen molar-refractivity contribution < 1.29 is 9.53 Å². The van der Waals surface area contributed by atoms with E-state index in [1.54, 1.807) is 0 Å². The fraction of sp³-hybridized carbons (Fsp3) is 0.312. The van der Waals surface area contributed by atoms with Gasteiger partial charge >= 0.3 is 5.97 Å². The molecule has 0 aliphatic heterocycles. The Morgan fingerprint density at radius 2 is 1.85 bits per heavy atom. The number of aryl methyl sites for hydroxylation is 1. The molecule has 4 heteroatoms. The van der Waals surface area contributed by atoms with Gasteiger partial charge < -0.3 is 10.5 Å². The molecule has 106 valence electrons. The van der Waals surface area contributed by atoms with Crippen LogP contribution in [-0.4, -0.2) is 13.1 Å². The molecule has 0 bridgehead atoms. The van der Waals surface area contributed by atoms with Gasteiger partial charge in [-0.2, -0.15) is 0 Å². The summed E-state index contributed by atoms with van der Waals surface area (Å²) in [6.45, 7) is 6.29. The van der Waals surface area contributed by atoms with Gasteiger partial charge in [0.2, 0.25) is 0 Å². The second kappa shape index (κ2) is 5.67. The van der Waals surface area contributed by atoms with Gasteiger partial charge in [-0.25, -0.2) is 4.79 Å². The van der Waals surface area contributed by atoms with Crippen LogP contribution in [0.2, 0.25) is 0 Å². The minimum atomic E-state index is -0.374. The fourth-order valence-electron chi connectivity index (χ4n) is 2.20. The third-order valence-electron chi connectivity index (χ3n) is 3.36. The van der Waals surface area contributed by atoms with E-state index >= 15 is 0 Å². The zero-order valence-electron chi connectivity index (χ0n) is 12.2. The summed E-state index contributed by atoms with van der Waals surface area (Å²) in [7, 11) is 1.37. The van der Waals surface area contributed by atoms with Crippen LogP contribution in [0.15, 0.2) is 24.3 Å². The van der Waals surface area contributed by atoms with Gasteiger partial charge in [-0.3, -0.25) is 0 Å². The third-order valence-corrected chi connectivity index (χ3v) is 4.46. The Morgan fingerprint density at radius 1 is 1.25 bits per heavy atom. The minimum Gasteiger partial charge on any atom is -0.465 e. The van der Waals surface area contributed by atoms with E-state index in [4.69, 9.17) is 10.5 Å². The van der Waals surface area contributed by atoms with Crippen LogP contribution in [0.5, 0.6) is 0 Å². The average molecular weight is 289 g/mol. The van der Waals surface area contributed by atoms with Crippen LogP contribution in [0.4, 0.5) is 5.69 Å². The number of rotatable bonds is 3. The Kier molecular flexibility index (Phi) is 4.14. The first-order valence-electron chi connectivity index (χ1n) is 6.53. The molecule has 0 saturated heterocycles. The van der Waals surface area contributed by atoms with E-state index in [-0.39, 0.29) is 5.97 Å². The van der Waals surface area contributed by atoms with E-state index < -0.39 is 0 Å². The molecular weight excluding hydrogens is 270 g/mol. The Labute approximate surface area is 123 Å². The van der Waals surface area contributed by atoms with E-state index in [9.17, 15) is 4.79 Å². The normalized spacial score (nSPS) is 10.8. The molecule has 0 amide bonds. The molecule has 0 unspecified atom stereocenters. The van der Waals surface area contributed by atoms with Crippen LogP contribution in [0.25, 0.3) is 11.1 Å². The Hall–Kier alpha value is -1.81. The number of carbonyl (C=O) groups excluding carboxylic acids is 1. The van der Waals surface area contributed by atoms with Gasteiger partial charge in [0.1, 0.15) is 4.88 Å². The van der Waals surface area contributed by atoms with Gasteiger partial charge in [0.25, 0.3) is 0 Å². The van der Waals surface area contributed by atoms with Crippen molar-refractivity contribution in [2.45, 2.75) is 26.7 Å². The number of thiophene rings is 1. The highest BCUT2D eigenvalue weighted by Crippen LogP contribution is 2.39. The Bertz CT molecular complexity index is 627. The molecule has 2 N–H and O–H groups in total. The van der Waals surface area contributed by atoms with Crippen LogP contribution in [0.3, 0.4) is 0 Å². The molecule has 0 radical (unpaired) electrons. The maximum atomic E-state index is 11.7. The first kappa shape index (κ1) is 14.6. The summed E-state index contributed by atoms with van der Waals surface area (Å²) in [5, 5.41) is 0. The lowest BCUT2D eigenvalue weighted by molar-refractivity contribution is 0.0607. The number of nitrogens with two attached hydrogens (primary N) is 1. The van der Waals surface area contributed by atoms with E-state index in [0.717, 1.165) is 16.0 Å². The molecule has 1 heterocycles. The van der Waals surface area contributed by atoms with E-state index in [0.29, 0.717) is 16.5 Å². The van der Waals surface area contributed by atoms with Crippen molar-refractivity contribution in [2.24, 2.45) is 0 Å². The van der Waals surface area contributed by atoms with Gasteiger partial charge in [0.15, 0.2) is 0 Å². The Balaban J connectivity index is 2.47. The smallest absolute Gasteiger partial charge is 0.350 e. The molecule has 0 aliphatic carbocycles. The topological polar surface area (TPSA) is 52.3 Å². The van der Waals surface area contributed by atoms with E-state index in [1.165, 1.54) is 24.0 Å². The molecule has 0 spiro atoms. The number of anilines is 1. The molecule has 2 aromatic rings. The van der Waals surface area contributed by atoms with Crippen LogP contribution >= 0.6 is 11.3 Å². The number of benzene rings is 1. The minimum absolute atomic E-state index is 0.374. The van der Waals surface area contributed by atoms with Gasteiger partial charge in [-0.1, -0.05) is 38.1 Å². The van der Waals surface area contributed by atoms with Gasteiger partial charge in [-0.15, -0.1) is 11.3 Å². The number of ether oxygens (including phenoxy) is 1. The zero-order chi connectivity index (χ0) is 14.9. The number of hydrogen-bond donors (Lipinski definition) is 1. The monoisotopic (exact) mass is 289 g/mol.